The molecule has 3 rings (SSSR count). The zero-order valence-electron chi connectivity index (χ0n) is 17.4. The van der Waals surface area contributed by atoms with Crippen LogP contribution in [0.4, 0.5) is 10.5 Å². The number of primary amides is 1. The Balaban J connectivity index is 1.92. The lowest BCUT2D eigenvalue weighted by Crippen LogP contribution is -2.65. The maximum Gasteiger partial charge on any atom is 0.405 e. The Bertz CT molecular complexity index is 1050. The van der Waals surface area contributed by atoms with Crippen LogP contribution in [-0.2, 0) is 19.0 Å². The van der Waals surface area contributed by atoms with Crippen molar-refractivity contribution in [2.75, 3.05) is 12.4 Å². The summed E-state index contributed by atoms with van der Waals surface area (Å²) < 4.78 is 27.3. The van der Waals surface area contributed by atoms with Gasteiger partial charge in [0, 0.05) is 25.5 Å². The van der Waals surface area contributed by atoms with Crippen molar-refractivity contribution in [3.05, 3.63) is 34.7 Å². The fraction of sp³-hybridized carbons (Fsp3) is 0.450. The van der Waals surface area contributed by atoms with E-state index in [9.17, 15) is 19.5 Å². The molecule has 0 radical (unpaired) electrons. The minimum atomic E-state index is -1.29. The first kappa shape index (κ1) is 22.5. The SMILES string of the molecule is CO[C@@H]1[C@H](O)C(OC(N)=O)[C@H](Oc2ccc3cc(NC(C)=O)c(=O)oc3c2)OC1(C)C. The first-order chi connectivity index (χ1) is 14.5. The van der Waals surface area contributed by atoms with Gasteiger partial charge in [-0.05, 0) is 32.0 Å². The number of amides is 2. The largest absolute Gasteiger partial charge is 0.461 e. The van der Waals surface area contributed by atoms with Gasteiger partial charge in [-0.3, -0.25) is 4.79 Å². The molecule has 1 fully saturated rings. The Morgan fingerprint density at radius 1 is 1.26 bits per heavy atom. The van der Waals surface area contributed by atoms with Crippen molar-refractivity contribution in [2.45, 2.75) is 51.0 Å². The van der Waals surface area contributed by atoms with Crippen LogP contribution in [0.5, 0.6) is 5.75 Å². The lowest BCUT2D eigenvalue weighted by molar-refractivity contribution is -0.304. The van der Waals surface area contributed by atoms with E-state index in [1.165, 1.54) is 26.2 Å². The van der Waals surface area contributed by atoms with Gasteiger partial charge >= 0.3 is 11.7 Å². The van der Waals surface area contributed by atoms with Gasteiger partial charge in [-0.2, -0.15) is 0 Å². The molecule has 2 heterocycles. The zero-order valence-corrected chi connectivity index (χ0v) is 17.4. The number of anilines is 1. The molecular weight excluding hydrogens is 412 g/mol. The third kappa shape index (κ3) is 4.79. The monoisotopic (exact) mass is 436 g/mol. The number of carbonyl (C=O) groups excluding carboxylic acids is 2. The molecule has 0 bridgehead atoms. The fourth-order valence-corrected chi connectivity index (χ4v) is 3.53. The first-order valence-electron chi connectivity index (χ1n) is 9.38. The second-order valence-electron chi connectivity index (χ2n) is 7.58. The van der Waals surface area contributed by atoms with Crippen LogP contribution in [0.1, 0.15) is 20.8 Å². The van der Waals surface area contributed by atoms with Crippen molar-refractivity contribution >= 4 is 28.7 Å². The number of nitrogens with one attached hydrogen (secondary N) is 1. The highest BCUT2D eigenvalue weighted by atomic mass is 16.7. The van der Waals surface area contributed by atoms with Crippen molar-refractivity contribution in [2.24, 2.45) is 5.73 Å². The number of carbonyl (C=O) groups is 2. The van der Waals surface area contributed by atoms with Crippen molar-refractivity contribution in [1.29, 1.82) is 0 Å². The van der Waals surface area contributed by atoms with E-state index in [0.29, 0.717) is 5.39 Å². The molecule has 0 aliphatic carbocycles. The van der Waals surface area contributed by atoms with E-state index >= 15 is 0 Å². The van der Waals surface area contributed by atoms with E-state index in [0.717, 1.165) is 0 Å². The minimum absolute atomic E-state index is 0.00897. The molecule has 4 atom stereocenters. The Kier molecular flexibility index (Phi) is 6.20. The van der Waals surface area contributed by atoms with E-state index < -0.39 is 47.8 Å². The highest BCUT2D eigenvalue weighted by Crippen LogP contribution is 2.34. The van der Waals surface area contributed by atoms with Crippen LogP contribution in [0, 0.1) is 0 Å². The molecule has 2 aromatic rings. The average Bonchev–Trinajstić information content (AvgIpc) is 2.65. The quantitative estimate of drug-likeness (QED) is 0.583. The highest BCUT2D eigenvalue weighted by Gasteiger charge is 2.52. The lowest BCUT2D eigenvalue weighted by atomic mass is 9.89. The predicted octanol–water partition coefficient (Wildman–Crippen LogP) is 1.10. The fourth-order valence-electron chi connectivity index (χ4n) is 3.53. The number of aliphatic hydroxyl groups excluding tert-OH is 1. The van der Waals surface area contributed by atoms with E-state index in [1.807, 2.05) is 0 Å². The van der Waals surface area contributed by atoms with Crippen LogP contribution < -0.4 is 21.4 Å². The van der Waals surface area contributed by atoms with E-state index in [2.05, 4.69) is 5.32 Å². The molecule has 31 heavy (non-hydrogen) atoms. The molecule has 11 heteroatoms. The molecule has 1 saturated heterocycles. The summed E-state index contributed by atoms with van der Waals surface area (Å²) in [6, 6.07) is 6.07. The number of hydrogen-bond donors (Lipinski definition) is 3. The number of aliphatic hydroxyl groups is 1. The van der Waals surface area contributed by atoms with Crippen LogP contribution in [0.3, 0.4) is 0 Å². The van der Waals surface area contributed by atoms with Crippen LogP contribution in [0.2, 0.25) is 0 Å². The van der Waals surface area contributed by atoms with Gasteiger partial charge in [-0.1, -0.05) is 0 Å². The third-order valence-electron chi connectivity index (χ3n) is 4.80. The molecule has 11 nitrogen and oxygen atoms in total. The Morgan fingerprint density at radius 2 is 1.97 bits per heavy atom. The summed E-state index contributed by atoms with van der Waals surface area (Å²) in [5, 5.41) is 13.6. The summed E-state index contributed by atoms with van der Waals surface area (Å²) in [6.45, 7) is 4.65. The summed E-state index contributed by atoms with van der Waals surface area (Å²) in [6.07, 6.45) is -5.73. The second kappa shape index (κ2) is 8.53. The topological polar surface area (TPSA) is 160 Å². The number of ether oxygens (including phenoxy) is 4. The van der Waals surface area contributed by atoms with Gasteiger partial charge in [0.05, 0.1) is 5.60 Å². The van der Waals surface area contributed by atoms with Crippen LogP contribution >= 0.6 is 0 Å². The van der Waals surface area contributed by atoms with Gasteiger partial charge in [-0.25, -0.2) is 9.59 Å². The minimum Gasteiger partial charge on any atom is -0.461 e. The molecule has 1 aromatic carbocycles. The molecule has 168 valence electrons. The van der Waals surface area contributed by atoms with Gasteiger partial charge in [0.2, 0.25) is 12.2 Å². The lowest BCUT2D eigenvalue weighted by Gasteiger charge is -2.47. The zero-order chi connectivity index (χ0) is 22.9. The normalized spacial score (nSPS) is 25.1. The van der Waals surface area contributed by atoms with Crippen molar-refractivity contribution in [3.8, 4) is 5.75 Å². The molecule has 0 saturated carbocycles. The molecule has 4 N–H and O–H groups in total. The van der Waals surface area contributed by atoms with Crippen LogP contribution in [0.15, 0.2) is 33.5 Å². The Labute approximate surface area is 177 Å². The van der Waals surface area contributed by atoms with E-state index in [4.69, 9.17) is 29.1 Å². The Hall–Kier alpha value is -3.15. The molecular formula is C20H24N2O9. The summed E-state index contributed by atoms with van der Waals surface area (Å²) in [4.78, 5) is 34.6. The van der Waals surface area contributed by atoms with Gasteiger partial charge in [0.15, 0.2) is 6.10 Å². The predicted molar refractivity (Wildman–Crippen MR) is 108 cm³/mol. The van der Waals surface area contributed by atoms with Crippen LogP contribution in [-0.4, -0.2) is 54.4 Å². The maximum atomic E-state index is 12.1. The average molecular weight is 436 g/mol. The summed E-state index contributed by atoms with van der Waals surface area (Å²) in [7, 11) is 1.39. The van der Waals surface area contributed by atoms with E-state index in [-0.39, 0.29) is 17.0 Å². The third-order valence-corrected chi connectivity index (χ3v) is 4.80. The number of hydrogen-bond acceptors (Lipinski definition) is 9. The summed E-state index contributed by atoms with van der Waals surface area (Å²) in [5.74, 6) is -0.193. The molecule has 2 amide bonds. The second-order valence-corrected chi connectivity index (χ2v) is 7.58. The van der Waals surface area contributed by atoms with Gasteiger partial charge in [0.25, 0.3) is 0 Å². The first-order valence-corrected chi connectivity index (χ1v) is 9.38. The van der Waals surface area contributed by atoms with E-state index in [1.54, 1.807) is 26.0 Å². The van der Waals surface area contributed by atoms with Crippen LogP contribution in [0.25, 0.3) is 11.0 Å². The highest BCUT2D eigenvalue weighted by molar-refractivity contribution is 5.91. The smallest absolute Gasteiger partial charge is 0.405 e. The standard InChI is InChI=1S/C20H24N2O9/c1-9(23)22-12-7-10-5-6-11(8-13(10)29-17(12)25)28-18-15(30-19(21)26)14(24)16(27-4)20(2,3)31-18/h5-8,14-16,18,24H,1-4H3,(H2,21,26)(H,22,23)/t14-,15?,16-,18-/m1/s1. The molecule has 1 aromatic heterocycles. The van der Waals surface area contributed by atoms with Gasteiger partial charge in [-0.15, -0.1) is 0 Å². The molecule has 1 aliphatic rings. The van der Waals surface area contributed by atoms with Crippen molar-refractivity contribution < 1.29 is 38.1 Å². The molecule has 1 unspecified atom stereocenters. The summed E-state index contributed by atoms with van der Waals surface area (Å²) in [5.41, 5.74) is 3.60. The number of methoxy groups -OCH3 is 1. The molecule has 1 aliphatic heterocycles. The number of nitrogens with two attached hydrogens (primary N) is 1. The molecule has 0 spiro atoms. The van der Waals surface area contributed by atoms with Crippen molar-refractivity contribution in [1.82, 2.24) is 0 Å². The Morgan fingerprint density at radius 3 is 2.58 bits per heavy atom. The maximum absolute atomic E-state index is 12.1. The van der Waals surface area contributed by atoms with Gasteiger partial charge in [0.1, 0.15) is 29.2 Å². The van der Waals surface area contributed by atoms with Crippen molar-refractivity contribution in [3.63, 3.8) is 0 Å². The number of benzene rings is 1. The number of rotatable bonds is 5. The summed E-state index contributed by atoms with van der Waals surface area (Å²) >= 11 is 0. The number of fused-ring (bicyclic) bond motifs is 1. The van der Waals surface area contributed by atoms with Gasteiger partial charge < -0.3 is 39.5 Å².